The number of ether oxygens (including phenoxy) is 2. The van der Waals surface area contributed by atoms with E-state index >= 15 is 4.39 Å². The lowest BCUT2D eigenvalue weighted by atomic mass is 9.86. The first-order chi connectivity index (χ1) is 23.4. The smallest absolute Gasteiger partial charge is 0.337 e. The molecule has 5 heterocycles. The van der Waals surface area contributed by atoms with Gasteiger partial charge in [-0.3, -0.25) is 4.90 Å². The van der Waals surface area contributed by atoms with E-state index in [1.165, 1.54) is 25.3 Å². The molecule has 2 fully saturated rings. The Bertz CT molecular complexity index is 1910. The van der Waals surface area contributed by atoms with Crippen molar-refractivity contribution >= 4 is 22.8 Å². The van der Waals surface area contributed by atoms with Crippen LogP contribution in [0.5, 0.6) is 5.75 Å². The summed E-state index contributed by atoms with van der Waals surface area (Å²) in [5.41, 5.74) is 5.73. The van der Waals surface area contributed by atoms with Crippen molar-refractivity contribution in [2.24, 2.45) is 7.05 Å². The molecule has 0 unspecified atom stereocenters. The minimum absolute atomic E-state index is 0.291. The predicted octanol–water partition coefficient (Wildman–Crippen LogP) is 7.39. The maximum absolute atomic E-state index is 15.8. The third-order valence-electron chi connectivity index (χ3n) is 10.6. The monoisotopic (exact) mass is 669 g/mol. The number of carboxylic acid groups (broad SMARTS) is 1. The van der Waals surface area contributed by atoms with E-state index in [-0.39, 0.29) is 0 Å². The first-order valence-electron chi connectivity index (χ1n) is 17.7. The second kappa shape index (κ2) is 13.0. The van der Waals surface area contributed by atoms with Crippen LogP contribution in [0.3, 0.4) is 0 Å². The number of aliphatic carboxylic acids is 1. The summed E-state index contributed by atoms with van der Waals surface area (Å²) in [7, 11) is 1.98. The van der Waals surface area contributed by atoms with Crippen LogP contribution < -0.4 is 9.64 Å². The summed E-state index contributed by atoms with van der Waals surface area (Å²) in [4.78, 5) is 27.8. The van der Waals surface area contributed by atoms with Gasteiger partial charge in [0.2, 0.25) is 0 Å². The predicted molar refractivity (Wildman–Crippen MR) is 190 cm³/mol. The second-order valence-electron chi connectivity index (χ2n) is 14.9. The zero-order chi connectivity index (χ0) is 34.6. The minimum Gasteiger partial charge on any atom is -0.490 e. The van der Waals surface area contributed by atoms with E-state index in [1.54, 1.807) is 0 Å². The largest absolute Gasteiger partial charge is 0.490 e. The summed E-state index contributed by atoms with van der Waals surface area (Å²) >= 11 is 0. The van der Waals surface area contributed by atoms with Crippen molar-refractivity contribution in [3.05, 3.63) is 58.7 Å². The zero-order valence-corrected chi connectivity index (χ0v) is 29.6. The number of anilines is 1. The van der Waals surface area contributed by atoms with E-state index < -0.39 is 23.5 Å². The van der Waals surface area contributed by atoms with E-state index in [1.807, 2.05) is 58.5 Å². The maximum Gasteiger partial charge on any atom is 0.337 e. The van der Waals surface area contributed by atoms with Crippen LogP contribution in [0.15, 0.2) is 30.5 Å². The number of hydrogen-bond donors (Lipinski definition) is 1. The number of aromatic nitrogens is 3. The number of carboxylic acids is 1. The average molecular weight is 670 g/mol. The summed E-state index contributed by atoms with van der Waals surface area (Å²) in [6, 6.07) is 8.44. The average Bonchev–Trinajstić information content (AvgIpc) is 3.19. The number of halogens is 1. The fourth-order valence-corrected chi connectivity index (χ4v) is 7.88. The lowest BCUT2D eigenvalue weighted by Gasteiger charge is -2.36. The molecule has 1 saturated carbocycles. The topological polar surface area (TPSA) is 93.0 Å². The molecule has 0 spiro atoms. The highest BCUT2D eigenvalue weighted by atomic mass is 19.1. The molecule has 0 bridgehead atoms. The molecule has 1 N–H and O–H groups in total. The van der Waals surface area contributed by atoms with E-state index in [0.717, 1.165) is 78.7 Å². The Morgan fingerprint density at radius 1 is 1.08 bits per heavy atom. The Labute approximate surface area is 288 Å². The summed E-state index contributed by atoms with van der Waals surface area (Å²) in [5, 5.41) is 11.3. The van der Waals surface area contributed by atoms with Gasteiger partial charge in [0.15, 0.2) is 17.7 Å². The molecule has 260 valence electrons. The Balaban J connectivity index is 1.39. The van der Waals surface area contributed by atoms with Gasteiger partial charge in [-0.15, -0.1) is 0 Å². The third kappa shape index (κ3) is 6.29. The number of carbonyl (C=O) groups is 1. The number of rotatable bonds is 7. The highest BCUT2D eigenvalue weighted by Crippen LogP contribution is 2.45. The lowest BCUT2D eigenvalue weighted by Crippen LogP contribution is -2.42. The molecule has 1 aromatic carbocycles. The molecular weight excluding hydrogens is 621 g/mol. The quantitative estimate of drug-likeness (QED) is 0.218. The van der Waals surface area contributed by atoms with E-state index in [9.17, 15) is 9.90 Å². The molecule has 1 saturated heterocycles. The molecule has 1 atom stereocenters. The van der Waals surface area contributed by atoms with Crippen molar-refractivity contribution < 1.29 is 23.8 Å². The molecule has 1 aliphatic carbocycles. The molecule has 9 nitrogen and oxygen atoms in total. The van der Waals surface area contributed by atoms with Crippen LogP contribution in [-0.2, 0) is 23.0 Å². The summed E-state index contributed by atoms with van der Waals surface area (Å²) in [6.45, 7) is 13.8. The number of hydrogen-bond acceptors (Lipinski definition) is 7. The molecule has 0 amide bonds. The van der Waals surface area contributed by atoms with Crippen LogP contribution in [0, 0.1) is 19.7 Å². The van der Waals surface area contributed by atoms with Crippen LogP contribution >= 0.6 is 0 Å². The van der Waals surface area contributed by atoms with Gasteiger partial charge < -0.3 is 24.0 Å². The molecule has 3 aromatic heterocycles. The highest BCUT2D eigenvalue weighted by Gasteiger charge is 2.35. The number of aryl methyl sites for hydroxylation is 2. The van der Waals surface area contributed by atoms with Crippen LogP contribution in [0.25, 0.3) is 33.4 Å². The van der Waals surface area contributed by atoms with Gasteiger partial charge in [-0.2, -0.15) is 0 Å². The van der Waals surface area contributed by atoms with Crippen molar-refractivity contribution in [2.75, 3.05) is 37.7 Å². The van der Waals surface area contributed by atoms with Crippen molar-refractivity contribution in [1.82, 2.24) is 19.4 Å². The van der Waals surface area contributed by atoms with Gasteiger partial charge in [-0.25, -0.2) is 19.2 Å². The van der Waals surface area contributed by atoms with Crippen molar-refractivity contribution in [1.29, 1.82) is 0 Å². The molecule has 2 aliphatic heterocycles. The van der Waals surface area contributed by atoms with Gasteiger partial charge in [0.25, 0.3) is 0 Å². The number of pyridine rings is 2. The number of benzene rings is 1. The Kier molecular flexibility index (Phi) is 8.90. The van der Waals surface area contributed by atoms with Gasteiger partial charge in [0.05, 0.1) is 17.9 Å². The first kappa shape index (κ1) is 33.5. The van der Waals surface area contributed by atoms with Crippen molar-refractivity contribution in [2.45, 2.75) is 90.9 Å². The maximum atomic E-state index is 15.8. The van der Waals surface area contributed by atoms with Crippen LogP contribution in [0.1, 0.15) is 81.4 Å². The SMILES string of the molecule is Cc1nc2c(cc(-c3ccnc(N4CCCN(C5CCC5)CC4)c3)n2C)c(-c2cc(F)c3c(c2C)CCCO3)c1[C@H](OC(C)(C)C)C(=O)O. The molecule has 49 heavy (non-hydrogen) atoms. The molecule has 3 aliphatic rings. The lowest BCUT2D eigenvalue weighted by molar-refractivity contribution is -0.160. The molecule has 10 heteroatoms. The van der Waals surface area contributed by atoms with Gasteiger partial charge in [0, 0.05) is 78.8 Å². The summed E-state index contributed by atoms with van der Waals surface area (Å²) in [6.07, 6.45) is 7.09. The third-order valence-corrected chi connectivity index (χ3v) is 10.6. The highest BCUT2D eigenvalue weighted by molar-refractivity contribution is 6.01. The Morgan fingerprint density at radius 2 is 1.88 bits per heavy atom. The minimum atomic E-state index is -1.32. The van der Waals surface area contributed by atoms with Crippen LogP contribution in [-0.4, -0.2) is 74.9 Å². The fraction of sp³-hybridized carbons (Fsp3) is 0.513. The van der Waals surface area contributed by atoms with Crippen LogP contribution in [0.2, 0.25) is 0 Å². The summed E-state index contributed by atoms with van der Waals surface area (Å²) in [5.74, 6) is -0.335. The Morgan fingerprint density at radius 3 is 2.59 bits per heavy atom. The van der Waals surface area contributed by atoms with Crippen molar-refractivity contribution in [3.8, 4) is 28.1 Å². The normalized spacial score (nSPS) is 18.1. The molecule has 7 rings (SSSR count). The molecule has 0 radical (unpaired) electrons. The zero-order valence-electron chi connectivity index (χ0n) is 29.6. The summed E-state index contributed by atoms with van der Waals surface area (Å²) < 4.78 is 29.9. The van der Waals surface area contributed by atoms with E-state index in [2.05, 4.69) is 21.9 Å². The van der Waals surface area contributed by atoms with Gasteiger partial charge in [0.1, 0.15) is 11.5 Å². The van der Waals surface area contributed by atoms with Crippen molar-refractivity contribution in [3.63, 3.8) is 0 Å². The van der Waals surface area contributed by atoms with Gasteiger partial charge in [-0.1, -0.05) is 6.42 Å². The fourth-order valence-electron chi connectivity index (χ4n) is 7.88. The number of fused-ring (bicyclic) bond motifs is 2. The van der Waals surface area contributed by atoms with Gasteiger partial charge in [-0.05, 0) is 102 Å². The van der Waals surface area contributed by atoms with E-state index in [4.69, 9.17) is 19.4 Å². The van der Waals surface area contributed by atoms with E-state index in [0.29, 0.717) is 46.8 Å². The number of nitrogens with zero attached hydrogens (tertiary/aromatic N) is 5. The molecular formula is C39H48FN5O4. The van der Waals surface area contributed by atoms with Crippen LogP contribution in [0.4, 0.5) is 10.2 Å². The Hall–Kier alpha value is -4.02. The standard InChI is InChI=1S/C39H48FN5O4/c1-23-27-12-8-19-48-35(27)30(40)21-28(23)34-29-22-31(43(6)37(29)42-24(2)33(34)36(38(46)47)49-39(3,4)5)25-13-14-41-32(20-25)45-16-9-15-44(17-18-45)26-10-7-11-26/h13-14,20-22,26,36H,7-12,15-19H2,1-6H3,(H,46,47)/t36-/m0/s1. The van der Waals surface area contributed by atoms with Gasteiger partial charge >= 0.3 is 5.97 Å². The molecule has 4 aromatic rings. The second-order valence-corrected chi connectivity index (χ2v) is 14.9. The first-order valence-corrected chi connectivity index (χ1v) is 17.7.